The van der Waals surface area contributed by atoms with Crippen LogP contribution in [0.15, 0.2) is 29.4 Å². The Balaban J connectivity index is 2.74. The van der Waals surface area contributed by atoms with Gasteiger partial charge in [0.2, 0.25) is 0 Å². The lowest BCUT2D eigenvalue weighted by atomic mass is 10.1. The number of nitrogens with two attached hydrogens (primary N) is 1. The van der Waals surface area contributed by atoms with Crippen molar-refractivity contribution in [3.8, 4) is 0 Å². The van der Waals surface area contributed by atoms with Crippen molar-refractivity contribution in [2.24, 2.45) is 10.9 Å². The van der Waals surface area contributed by atoms with Gasteiger partial charge in [-0.25, -0.2) is 0 Å². The molecule has 3 nitrogen and oxygen atoms in total. The fourth-order valence-corrected chi connectivity index (χ4v) is 0.855. The predicted octanol–water partition coefficient (Wildman–Crippen LogP) is 1.41. The van der Waals surface area contributed by atoms with Crippen LogP contribution in [0.1, 0.15) is 11.1 Å². The highest BCUT2D eigenvalue weighted by molar-refractivity contribution is 5.22. The van der Waals surface area contributed by atoms with Crippen LogP contribution in [0.3, 0.4) is 0 Å². The quantitative estimate of drug-likeness (QED) is 0.662. The van der Waals surface area contributed by atoms with Crippen molar-refractivity contribution < 1.29 is 0 Å². The molecule has 0 aliphatic heterocycles. The monoisotopic (exact) mass is 150 g/mol. The molecule has 0 fully saturated rings. The highest BCUT2D eigenvalue weighted by Gasteiger charge is 1.91. The summed E-state index contributed by atoms with van der Waals surface area (Å²) >= 11 is 0. The minimum Gasteiger partial charge on any atom is -0.326 e. The van der Waals surface area contributed by atoms with Crippen LogP contribution in [0.2, 0.25) is 0 Å². The summed E-state index contributed by atoms with van der Waals surface area (Å²) in [5.74, 6) is 0. The van der Waals surface area contributed by atoms with Gasteiger partial charge in [-0.15, -0.1) is 0 Å². The molecule has 0 aliphatic rings. The topological polar surface area (TPSA) is 55.4 Å². The van der Waals surface area contributed by atoms with Crippen LogP contribution in [-0.2, 0) is 13.1 Å². The standard InChI is InChI=1S/C8H10N2O/c9-5-7-1-3-8(4-2-7)6-10-11/h1-4H,5-6,9H2. The van der Waals surface area contributed by atoms with E-state index >= 15 is 0 Å². The van der Waals surface area contributed by atoms with Gasteiger partial charge in [0.25, 0.3) is 0 Å². The number of benzene rings is 1. The van der Waals surface area contributed by atoms with Gasteiger partial charge < -0.3 is 5.73 Å². The van der Waals surface area contributed by atoms with Crippen LogP contribution in [0.4, 0.5) is 0 Å². The van der Waals surface area contributed by atoms with Gasteiger partial charge in [-0.2, -0.15) is 4.91 Å². The first-order chi connectivity index (χ1) is 5.36. The summed E-state index contributed by atoms with van der Waals surface area (Å²) in [6, 6.07) is 7.54. The molecule has 0 amide bonds. The third kappa shape index (κ3) is 2.13. The van der Waals surface area contributed by atoms with Crippen molar-refractivity contribution >= 4 is 0 Å². The summed E-state index contributed by atoms with van der Waals surface area (Å²) in [4.78, 5) is 9.85. The van der Waals surface area contributed by atoms with Gasteiger partial charge in [0.05, 0.1) is 0 Å². The minimum atomic E-state index is 0.241. The molecule has 58 valence electrons. The van der Waals surface area contributed by atoms with E-state index in [-0.39, 0.29) is 6.54 Å². The summed E-state index contributed by atoms with van der Waals surface area (Å²) in [6.07, 6.45) is 0. The zero-order valence-corrected chi connectivity index (χ0v) is 6.16. The Morgan fingerprint density at radius 1 is 1.18 bits per heavy atom. The number of nitroso groups, excluding NO2 is 1. The van der Waals surface area contributed by atoms with Crippen LogP contribution in [0.5, 0.6) is 0 Å². The normalized spacial score (nSPS) is 9.55. The van der Waals surface area contributed by atoms with E-state index < -0.39 is 0 Å². The summed E-state index contributed by atoms with van der Waals surface area (Å²) < 4.78 is 0. The molecule has 0 radical (unpaired) electrons. The molecule has 3 heteroatoms. The van der Waals surface area contributed by atoms with E-state index in [1.54, 1.807) is 0 Å². The lowest BCUT2D eigenvalue weighted by molar-refractivity contribution is 1.03. The highest BCUT2D eigenvalue weighted by Crippen LogP contribution is 2.04. The Morgan fingerprint density at radius 3 is 2.18 bits per heavy atom. The van der Waals surface area contributed by atoms with Crippen LogP contribution < -0.4 is 5.73 Å². The molecule has 11 heavy (non-hydrogen) atoms. The molecular weight excluding hydrogens is 140 g/mol. The number of nitrogens with zero attached hydrogens (tertiary/aromatic N) is 1. The lowest BCUT2D eigenvalue weighted by Crippen LogP contribution is -1.95. The Morgan fingerprint density at radius 2 is 1.73 bits per heavy atom. The lowest BCUT2D eigenvalue weighted by Gasteiger charge is -1.96. The smallest absolute Gasteiger partial charge is 0.106 e. The van der Waals surface area contributed by atoms with Crippen molar-refractivity contribution in [2.45, 2.75) is 13.1 Å². The van der Waals surface area contributed by atoms with Gasteiger partial charge in [0.1, 0.15) is 6.54 Å². The fourth-order valence-electron chi connectivity index (χ4n) is 0.855. The van der Waals surface area contributed by atoms with E-state index in [2.05, 4.69) is 5.18 Å². The van der Waals surface area contributed by atoms with Gasteiger partial charge in [0.15, 0.2) is 0 Å². The van der Waals surface area contributed by atoms with Gasteiger partial charge in [0, 0.05) is 6.54 Å². The van der Waals surface area contributed by atoms with Crippen molar-refractivity contribution in [1.82, 2.24) is 0 Å². The molecule has 0 aliphatic carbocycles. The van der Waals surface area contributed by atoms with E-state index in [0.29, 0.717) is 6.54 Å². The summed E-state index contributed by atoms with van der Waals surface area (Å²) in [5.41, 5.74) is 7.39. The van der Waals surface area contributed by atoms with Gasteiger partial charge in [-0.05, 0) is 11.1 Å². The van der Waals surface area contributed by atoms with Gasteiger partial charge in [-0.3, -0.25) is 0 Å². The van der Waals surface area contributed by atoms with E-state index in [1.807, 2.05) is 24.3 Å². The Bertz CT molecular complexity index is 230. The minimum absolute atomic E-state index is 0.241. The highest BCUT2D eigenvalue weighted by atomic mass is 16.3. The van der Waals surface area contributed by atoms with Crippen LogP contribution in [0, 0.1) is 4.91 Å². The van der Waals surface area contributed by atoms with E-state index in [4.69, 9.17) is 5.73 Å². The van der Waals surface area contributed by atoms with E-state index in [0.717, 1.165) is 11.1 Å². The number of hydrogen-bond donors (Lipinski definition) is 1. The largest absolute Gasteiger partial charge is 0.326 e. The first-order valence-corrected chi connectivity index (χ1v) is 3.44. The van der Waals surface area contributed by atoms with Crippen LogP contribution in [0.25, 0.3) is 0 Å². The van der Waals surface area contributed by atoms with E-state index in [1.165, 1.54) is 0 Å². The zero-order chi connectivity index (χ0) is 8.10. The predicted molar refractivity (Wildman–Crippen MR) is 43.8 cm³/mol. The molecule has 1 aromatic carbocycles. The SMILES string of the molecule is NCc1ccc(CN=O)cc1. The van der Waals surface area contributed by atoms with Gasteiger partial charge >= 0.3 is 0 Å². The van der Waals surface area contributed by atoms with Gasteiger partial charge in [-0.1, -0.05) is 29.4 Å². The van der Waals surface area contributed by atoms with Crippen LogP contribution >= 0.6 is 0 Å². The second-order valence-corrected chi connectivity index (χ2v) is 2.31. The second-order valence-electron chi connectivity index (χ2n) is 2.31. The molecule has 0 unspecified atom stereocenters. The molecular formula is C8H10N2O. The van der Waals surface area contributed by atoms with Crippen molar-refractivity contribution in [1.29, 1.82) is 0 Å². The maximum Gasteiger partial charge on any atom is 0.106 e. The van der Waals surface area contributed by atoms with E-state index in [9.17, 15) is 4.91 Å². The maximum atomic E-state index is 9.85. The van der Waals surface area contributed by atoms with Crippen molar-refractivity contribution in [2.75, 3.05) is 0 Å². The molecule has 0 atom stereocenters. The molecule has 1 rings (SSSR count). The Kier molecular flexibility index (Phi) is 2.74. The summed E-state index contributed by atoms with van der Waals surface area (Å²) in [6.45, 7) is 0.777. The second kappa shape index (κ2) is 3.83. The first kappa shape index (κ1) is 7.88. The third-order valence-corrected chi connectivity index (χ3v) is 1.51. The molecule has 1 aromatic rings. The molecule has 0 heterocycles. The summed E-state index contributed by atoms with van der Waals surface area (Å²) in [5, 5.41) is 2.78. The molecule has 0 bridgehead atoms. The first-order valence-electron chi connectivity index (χ1n) is 3.44. The van der Waals surface area contributed by atoms with Crippen LogP contribution in [-0.4, -0.2) is 0 Å². The zero-order valence-electron chi connectivity index (χ0n) is 6.16. The molecule has 0 saturated carbocycles. The third-order valence-electron chi connectivity index (χ3n) is 1.51. The molecule has 0 saturated heterocycles. The Hall–Kier alpha value is -1.22. The van der Waals surface area contributed by atoms with Crippen molar-refractivity contribution in [3.63, 3.8) is 0 Å². The Labute approximate surface area is 65.2 Å². The number of hydrogen-bond acceptors (Lipinski definition) is 3. The average molecular weight is 150 g/mol. The molecule has 2 N–H and O–H groups in total. The molecule has 0 spiro atoms. The maximum absolute atomic E-state index is 9.85. The summed E-state index contributed by atoms with van der Waals surface area (Å²) in [7, 11) is 0. The fraction of sp³-hybridized carbons (Fsp3) is 0.250. The van der Waals surface area contributed by atoms with Crippen molar-refractivity contribution in [3.05, 3.63) is 40.3 Å². The average Bonchev–Trinajstić information content (AvgIpc) is 2.07. The number of rotatable bonds is 3. The molecule has 0 aromatic heterocycles.